The number of hydrogen-bond acceptors (Lipinski definition) is 4. The van der Waals surface area contributed by atoms with Crippen LogP contribution in [0.2, 0.25) is 0 Å². The molecule has 0 bridgehead atoms. The third kappa shape index (κ3) is 4.01. The molecule has 0 radical (unpaired) electrons. The lowest BCUT2D eigenvalue weighted by Gasteiger charge is -2.03. The summed E-state index contributed by atoms with van der Waals surface area (Å²) in [6.45, 7) is 1.83. The molecule has 0 atom stereocenters. The van der Waals surface area contributed by atoms with Crippen LogP contribution in [0.4, 0.5) is 0 Å². The van der Waals surface area contributed by atoms with Gasteiger partial charge in [-0.2, -0.15) is 10.2 Å². The number of aromatic amines is 1. The van der Waals surface area contributed by atoms with E-state index in [1.165, 1.54) is 0 Å². The van der Waals surface area contributed by atoms with Gasteiger partial charge in [-0.15, -0.1) is 0 Å². The number of carbonyl (C=O) groups is 1. The zero-order valence-corrected chi connectivity index (χ0v) is 16.1. The predicted molar refractivity (Wildman–Crippen MR) is 114 cm³/mol. The van der Waals surface area contributed by atoms with Gasteiger partial charge in [-0.1, -0.05) is 36.4 Å². The van der Waals surface area contributed by atoms with E-state index in [2.05, 4.69) is 38.9 Å². The molecule has 144 valence electrons. The first-order chi connectivity index (χ1) is 14.1. The number of rotatable bonds is 5. The first-order valence-electron chi connectivity index (χ1n) is 9.18. The van der Waals surface area contributed by atoms with E-state index in [1.54, 1.807) is 13.2 Å². The highest BCUT2D eigenvalue weighted by Crippen LogP contribution is 2.23. The molecule has 0 unspecified atom stereocenters. The van der Waals surface area contributed by atoms with Crippen molar-refractivity contribution >= 4 is 22.4 Å². The van der Waals surface area contributed by atoms with E-state index >= 15 is 0 Å². The minimum atomic E-state index is -0.350. The normalized spacial score (nSPS) is 11.4. The second-order valence-corrected chi connectivity index (χ2v) is 6.60. The maximum atomic E-state index is 12.4. The topological polar surface area (TPSA) is 79.4 Å². The van der Waals surface area contributed by atoms with E-state index in [1.807, 2.05) is 55.5 Å². The highest BCUT2D eigenvalue weighted by Gasteiger charge is 2.11. The molecule has 1 heterocycles. The van der Waals surface area contributed by atoms with Crippen molar-refractivity contribution in [2.75, 3.05) is 7.11 Å². The summed E-state index contributed by atoms with van der Waals surface area (Å²) in [5.41, 5.74) is 6.15. The minimum absolute atomic E-state index is 0.347. The molecular weight excluding hydrogens is 364 g/mol. The van der Waals surface area contributed by atoms with Gasteiger partial charge < -0.3 is 4.74 Å². The largest absolute Gasteiger partial charge is 0.497 e. The summed E-state index contributed by atoms with van der Waals surface area (Å²) in [5.74, 6) is 0.418. The lowest BCUT2D eigenvalue weighted by molar-refractivity contribution is 0.0950. The second kappa shape index (κ2) is 7.98. The fourth-order valence-electron chi connectivity index (χ4n) is 3.03. The van der Waals surface area contributed by atoms with Crippen LogP contribution < -0.4 is 10.2 Å². The van der Waals surface area contributed by atoms with Crippen molar-refractivity contribution in [1.82, 2.24) is 15.6 Å². The monoisotopic (exact) mass is 384 g/mol. The van der Waals surface area contributed by atoms with Crippen molar-refractivity contribution in [3.63, 3.8) is 0 Å². The molecule has 2 N–H and O–H groups in total. The van der Waals surface area contributed by atoms with Crippen LogP contribution in [0.5, 0.6) is 5.75 Å². The fourth-order valence-corrected chi connectivity index (χ4v) is 3.03. The van der Waals surface area contributed by atoms with Gasteiger partial charge in [0, 0.05) is 5.56 Å². The number of carbonyl (C=O) groups excluding carboxylic acids is 1. The molecule has 0 spiro atoms. The highest BCUT2D eigenvalue weighted by molar-refractivity contribution is 6.00. The Bertz CT molecular complexity index is 1190. The number of fused-ring (bicyclic) bond motifs is 1. The van der Waals surface area contributed by atoms with Crippen molar-refractivity contribution in [2.24, 2.45) is 5.10 Å². The number of hydrazone groups is 1. The Hall–Kier alpha value is -3.93. The molecule has 3 aromatic carbocycles. The average Bonchev–Trinajstić information content (AvgIpc) is 3.27. The lowest BCUT2D eigenvalue weighted by Crippen LogP contribution is -2.19. The van der Waals surface area contributed by atoms with Gasteiger partial charge in [0.1, 0.15) is 11.4 Å². The van der Waals surface area contributed by atoms with Crippen LogP contribution in [-0.4, -0.2) is 28.9 Å². The molecule has 4 rings (SSSR count). The number of hydrogen-bond donors (Lipinski definition) is 2. The molecule has 0 fully saturated rings. The summed E-state index contributed by atoms with van der Waals surface area (Å²) >= 11 is 0. The number of amides is 1. The van der Waals surface area contributed by atoms with E-state index in [-0.39, 0.29) is 5.91 Å². The van der Waals surface area contributed by atoms with E-state index in [4.69, 9.17) is 4.74 Å². The molecule has 6 heteroatoms. The number of benzene rings is 3. The summed E-state index contributed by atoms with van der Waals surface area (Å²) < 4.78 is 5.15. The molecule has 6 nitrogen and oxygen atoms in total. The number of nitrogens with zero attached hydrogens (tertiary/aromatic N) is 2. The van der Waals surface area contributed by atoms with Gasteiger partial charge in [-0.25, -0.2) is 5.43 Å². The third-order valence-corrected chi connectivity index (χ3v) is 4.70. The smallest absolute Gasteiger partial charge is 0.289 e. The molecule has 0 saturated heterocycles. The Kier molecular flexibility index (Phi) is 5.07. The highest BCUT2D eigenvalue weighted by atomic mass is 16.5. The van der Waals surface area contributed by atoms with Crippen LogP contribution in [0.3, 0.4) is 0 Å². The van der Waals surface area contributed by atoms with Gasteiger partial charge in [-0.05, 0) is 59.7 Å². The van der Waals surface area contributed by atoms with E-state index in [9.17, 15) is 4.79 Å². The van der Waals surface area contributed by atoms with Crippen molar-refractivity contribution in [3.05, 3.63) is 84.1 Å². The van der Waals surface area contributed by atoms with E-state index in [0.29, 0.717) is 17.1 Å². The Balaban J connectivity index is 1.48. The summed E-state index contributed by atoms with van der Waals surface area (Å²) in [7, 11) is 1.62. The minimum Gasteiger partial charge on any atom is -0.497 e. The second-order valence-electron chi connectivity index (χ2n) is 6.60. The Morgan fingerprint density at radius 3 is 2.52 bits per heavy atom. The van der Waals surface area contributed by atoms with Crippen LogP contribution in [0.1, 0.15) is 23.0 Å². The van der Waals surface area contributed by atoms with Gasteiger partial charge >= 0.3 is 0 Å². The molecule has 1 aromatic heterocycles. The zero-order valence-electron chi connectivity index (χ0n) is 16.1. The predicted octanol–water partition coefficient (Wildman–Crippen LogP) is 4.39. The number of ether oxygens (including phenoxy) is 1. The average molecular weight is 384 g/mol. The van der Waals surface area contributed by atoms with Crippen LogP contribution >= 0.6 is 0 Å². The number of methoxy groups -OCH3 is 1. The zero-order chi connectivity index (χ0) is 20.2. The van der Waals surface area contributed by atoms with Crippen molar-refractivity contribution in [2.45, 2.75) is 6.92 Å². The van der Waals surface area contributed by atoms with Gasteiger partial charge in [0.15, 0.2) is 0 Å². The standard InChI is InChI=1S/C23H20N4O2/c1-15(16-9-11-20(29-2)12-10-16)24-27-23(28)22-14-21(25-26-22)19-8-7-17-5-3-4-6-18(17)13-19/h3-14H,1-2H3,(H,25,26)(H,27,28)/b24-15-. The number of H-pyrrole nitrogens is 1. The molecule has 0 aliphatic carbocycles. The number of nitrogens with one attached hydrogen (secondary N) is 2. The van der Waals surface area contributed by atoms with Crippen molar-refractivity contribution < 1.29 is 9.53 Å². The molecule has 0 aliphatic rings. The SMILES string of the molecule is COc1ccc(/C(C)=N\NC(=O)c2cc(-c3ccc4ccccc4c3)n[nH]2)cc1. The van der Waals surface area contributed by atoms with E-state index < -0.39 is 0 Å². The molecular formula is C23H20N4O2. The first-order valence-corrected chi connectivity index (χ1v) is 9.18. The van der Waals surface area contributed by atoms with Crippen LogP contribution in [0.15, 0.2) is 77.9 Å². The molecule has 0 saturated carbocycles. The van der Waals surface area contributed by atoms with Crippen LogP contribution in [-0.2, 0) is 0 Å². The van der Waals surface area contributed by atoms with Gasteiger partial charge in [0.05, 0.1) is 18.5 Å². The van der Waals surface area contributed by atoms with Gasteiger partial charge in [-0.3, -0.25) is 9.89 Å². The van der Waals surface area contributed by atoms with Crippen LogP contribution in [0.25, 0.3) is 22.0 Å². The Morgan fingerprint density at radius 2 is 1.76 bits per heavy atom. The first kappa shape index (κ1) is 18.4. The Morgan fingerprint density at radius 1 is 1.00 bits per heavy atom. The summed E-state index contributed by atoms with van der Waals surface area (Å²) in [6.07, 6.45) is 0. The quantitative estimate of drug-likeness (QED) is 0.396. The maximum Gasteiger partial charge on any atom is 0.289 e. The molecule has 4 aromatic rings. The summed E-state index contributed by atoms with van der Waals surface area (Å²) in [4.78, 5) is 12.4. The molecule has 29 heavy (non-hydrogen) atoms. The Labute approximate surface area is 168 Å². The van der Waals surface area contributed by atoms with Gasteiger partial charge in [0.2, 0.25) is 0 Å². The third-order valence-electron chi connectivity index (χ3n) is 4.70. The van der Waals surface area contributed by atoms with Gasteiger partial charge in [0.25, 0.3) is 5.91 Å². The summed E-state index contributed by atoms with van der Waals surface area (Å²) in [5, 5.41) is 13.5. The fraction of sp³-hybridized carbons (Fsp3) is 0.0870. The van der Waals surface area contributed by atoms with Crippen molar-refractivity contribution in [3.8, 4) is 17.0 Å². The molecule has 0 aliphatic heterocycles. The number of aromatic nitrogens is 2. The van der Waals surface area contributed by atoms with Crippen molar-refractivity contribution in [1.29, 1.82) is 0 Å². The lowest BCUT2D eigenvalue weighted by atomic mass is 10.1. The van der Waals surface area contributed by atoms with E-state index in [0.717, 1.165) is 27.6 Å². The maximum absolute atomic E-state index is 12.4. The summed E-state index contributed by atoms with van der Waals surface area (Å²) in [6, 6.07) is 23.4. The van der Waals surface area contributed by atoms with Crippen LogP contribution in [0, 0.1) is 0 Å². The molecule has 1 amide bonds.